The van der Waals surface area contributed by atoms with E-state index in [1.807, 2.05) is 58.9 Å². The number of carbonyl (C=O) groups excluding carboxylic acids is 2. The van der Waals surface area contributed by atoms with Crippen LogP contribution < -0.4 is 15.5 Å². The molecule has 4 N–H and O–H groups in total. The minimum absolute atomic E-state index is 0.0665. The van der Waals surface area contributed by atoms with Crippen LogP contribution in [0.3, 0.4) is 0 Å². The molecule has 0 spiro atoms. The second-order valence-electron chi connectivity index (χ2n) is 8.79. The van der Waals surface area contributed by atoms with Crippen LogP contribution in [0, 0.1) is 11.8 Å². The molecule has 8 heteroatoms. The van der Waals surface area contributed by atoms with Crippen molar-refractivity contribution in [3.63, 3.8) is 0 Å². The van der Waals surface area contributed by atoms with Gasteiger partial charge in [-0.1, -0.05) is 26.0 Å². The average molecular weight is 422 g/mol. The summed E-state index contributed by atoms with van der Waals surface area (Å²) in [6, 6.07) is 7.66. The van der Waals surface area contributed by atoms with E-state index in [9.17, 15) is 14.7 Å². The lowest BCUT2D eigenvalue weighted by Gasteiger charge is -2.47. The van der Waals surface area contributed by atoms with E-state index in [1.165, 1.54) is 5.48 Å². The molecule has 168 valence electrons. The van der Waals surface area contributed by atoms with Gasteiger partial charge in [0.1, 0.15) is 11.9 Å². The van der Waals surface area contributed by atoms with Gasteiger partial charge in [0, 0.05) is 19.6 Å². The number of hydrogen-bond acceptors (Lipinski definition) is 6. The third kappa shape index (κ3) is 5.50. The van der Waals surface area contributed by atoms with E-state index < -0.39 is 23.5 Å². The maximum Gasteiger partial charge on any atom is 0.272 e. The number of rotatable bonds is 8. The van der Waals surface area contributed by atoms with Gasteiger partial charge in [0.05, 0.1) is 17.6 Å². The SMILES string of the molecule is CC(C)C[C@H](C(=O)N1CCNC[C@@]1(C)c1ccc(OC(C)C)cc1)[C@H](O)C(=O)NO. The van der Waals surface area contributed by atoms with Crippen molar-refractivity contribution in [2.45, 2.75) is 58.8 Å². The fourth-order valence-corrected chi connectivity index (χ4v) is 3.96. The molecule has 30 heavy (non-hydrogen) atoms. The summed E-state index contributed by atoms with van der Waals surface area (Å²) >= 11 is 0. The Bertz CT molecular complexity index is 722. The fraction of sp³-hybridized carbons (Fsp3) is 0.636. The molecular formula is C22H35N3O5. The van der Waals surface area contributed by atoms with Gasteiger partial charge in [-0.05, 0) is 50.8 Å². The molecule has 0 radical (unpaired) electrons. The number of amides is 2. The van der Waals surface area contributed by atoms with E-state index >= 15 is 0 Å². The normalized spacial score (nSPS) is 21.4. The van der Waals surface area contributed by atoms with Crippen LogP contribution in [0.5, 0.6) is 5.75 Å². The summed E-state index contributed by atoms with van der Waals surface area (Å²) in [7, 11) is 0. The summed E-state index contributed by atoms with van der Waals surface area (Å²) in [6.45, 7) is 11.4. The molecule has 0 bridgehead atoms. The van der Waals surface area contributed by atoms with Crippen molar-refractivity contribution in [1.82, 2.24) is 15.7 Å². The second-order valence-corrected chi connectivity index (χ2v) is 8.79. The van der Waals surface area contributed by atoms with Gasteiger partial charge < -0.3 is 20.1 Å². The lowest BCUT2D eigenvalue weighted by Crippen LogP contribution is -2.62. The first-order chi connectivity index (χ1) is 14.1. The van der Waals surface area contributed by atoms with Gasteiger partial charge in [-0.15, -0.1) is 0 Å². The first-order valence-corrected chi connectivity index (χ1v) is 10.5. The molecule has 0 aliphatic carbocycles. The molecule has 1 heterocycles. The highest BCUT2D eigenvalue weighted by Crippen LogP contribution is 2.33. The van der Waals surface area contributed by atoms with Gasteiger partial charge in [0.25, 0.3) is 5.91 Å². The summed E-state index contributed by atoms with van der Waals surface area (Å²) in [5.74, 6) is -1.38. The molecule has 2 rings (SSSR count). The molecule has 2 amide bonds. The number of hydrogen-bond donors (Lipinski definition) is 4. The van der Waals surface area contributed by atoms with Crippen molar-refractivity contribution in [2.75, 3.05) is 19.6 Å². The molecule has 1 aromatic rings. The topological polar surface area (TPSA) is 111 Å². The standard InChI is InChI=1S/C22H35N3O5/c1-14(2)12-18(19(26)20(27)24-29)21(28)25-11-10-23-13-22(25,5)16-6-8-17(9-7-16)30-15(3)4/h6-9,14-15,18-19,23,26,29H,10-13H2,1-5H3,(H,24,27)/t18-,19-,22-/m0/s1. The van der Waals surface area contributed by atoms with Crippen molar-refractivity contribution in [1.29, 1.82) is 0 Å². The molecule has 1 aromatic carbocycles. The van der Waals surface area contributed by atoms with Crippen LogP contribution in [0.15, 0.2) is 24.3 Å². The highest BCUT2D eigenvalue weighted by atomic mass is 16.5. The van der Waals surface area contributed by atoms with Crippen LogP contribution in [-0.2, 0) is 15.1 Å². The van der Waals surface area contributed by atoms with Crippen LogP contribution in [0.1, 0.15) is 46.6 Å². The molecule has 0 unspecified atom stereocenters. The molecule has 8 nitrogen and oxygen atoms in total. The number of piperazine rings is 1. The monoisotopic (exact) mass is 421 g/mol. The molecule has 1 saturated heterocycles. The van der Waals surface area contributed by atoms with Crippen LogP contribution in [0.25, 0.3) is 0 Å². The van der Waals surface area contributed by atoms with E-state index in [-0.39, 0.29) is 17.9 Å². The fourth-order valence-electron chi connectivity index (χ4n) is 3.96. The highest BCUT2D eigenvalue weighted by Gasteiger charge is 2.44. The van der Waals surface area contributed by atoms with E-state index in [0.29, 0.717) is 26.1 Å². The first-order valence-electron chi connectivity index (χ1n) is 10.5. The summed E-state index contributed by atoms with van der Waals surface area (Å²) in [5.41, 5.74) is 1.74. The van der Waals surface area contributed by atoms with E-state index in [4.69, 9.17) is 9.94 Å². The van der Waals surface area contributed by atoms with E-state index in [1.54, 1.807) is 4.90 Å². The van der Waals surface area contributed by atoms with E-state index in [2.05, 4.69) is 5.32 Å². The Balaban J connectivity index is 2.35. The second kappa shape index (κ2) is 10.2. The van der Waals surface area contributed by atoms with Gasteiger partial charge in [0.15, 0.2) is 0 Å². The van der Waals surface area contributed by atoms with Gasteiger partial charge in [-0.3, -0.25) is 14.8 Å². The minimum atomic E-state index is -1.62. The van der Waals surface area contributed by atoms with Crippen molar-refractivity contribution in [2.24, 2.45) is 11.8 Å². The average Bonchev–Trinajstić information content (AvgIpc) is 2.70. The Labute approximate surface area is 178 Å². The first kappa shape index (κ1) is 24.1. The van der Waals surface area contributed by atoms with Crippen molar-refractivity contribution in [3.05, 3.63) is 29.8 Å². The van der Waals surface area contributed by atoms with Crippen LogP contribution >= 0.6 is 0 Å². The summed E-state index contributed by atoms with van der Waals surface area (Å²) in [5, 5.41) is 22.7. The molecule has 0 aromatic heterocycles. The molecule has 1 aliphatic heterocycles. The molecule has 3 atom stereocenters. The number of hydroxylamine groups is 1. The predicted molar refractivity (Wildman–Crippen MR) is 113 cm³/mol. The Morgan fingerprint density at radius 3 is 2.40 bits per heavy atom. The number of benzene rings is 1. The van der Waals surface area contributed by atoms with Crippen molar-refractivity contribution < 1.29 is 24.6 Å². The van der Waals surface area contributed by atoms with Gasteiger partial charge in [-0.25, -0.2) is 5.48 Å². The summed E-state index contributed by atoms with van der Waals surface area (Å²) in [4.78, 5) is 27.2. The third-order valence-corrected chi connectivity index (χ3v) is 5.49. The Morgan fingerprint density at radius 2 is 1.87 bits per heavy atom. The third-order valence-electron chi connectivity index (χ3n) is 5.49. The number of aliphatic hydroxyl groups excluding tert-OH is 1. The maximum atomic E-state index is 13.5. The highest BCUT2D eigenvalue weighted by molar-refractivity contribution is 5.89. The quantitative estimate of drug-likeness (QED) is 0.375. The van der Waals surface area contributed by atoms with Gasteiger partial charge in [0.2, 0.25) is 5.91 Å². The molecule has 1 fully saturated rings. The van der Waals surface area contributed by atoms with Gasteiger partial charge >= 0.3 is 0 Å². The number of carbonyl (C=O) groups is 2. The smallest absolute Gasteiger partial charge is 0.272 e. The van der Waals surface area contributed by atoms with E-state index in [0.717, 1.165) is 11.3 Å². The van der Waals surface area contributed by atoms with Gasteiger partial charge in [-0.2, -0.15) is 0 Å². The minimum Gasteiger partial charge on any atom is -0.491 e. The zero-order valence-corrected chi connectivity index (χ0v) is 18.5. The Morgan fingerprint density at radius 1 is 1.23 bits per heavy atom. The number of nitrogens with zero attached hydrogens (tertiary/aromatic N) is 1. The Kier molecular flexibility index (Phi) is 8.23. The number of nitrogens with one attached hydrogen (secondary N) is 2. The lowest BCUT2D eigenvalue weighted by atomic mass is 9.84. The zero-order chi connectivity index (χ0) is 22.5. The lowest BCUT2D eigenvalue weighted by molar-refractivity contribution is -0.155. The molecule has 0 saturated carbocycles. The molecule has 1 aliphatic rings. The number of aliphatic hydroxyl groups is 1. The van der Waals surface area contributed by atoms with Crippen LogP contribution in [-0.4, -0.2) is 58.9 Å². The largest absolute Gasteiger partial charge is 0.491 e. The summed E-state index contributed by atoms with van der Waals surface area (Å²) in [6.07, 6.45) is -1.23. The van der Waals surface area contributed by atoms with Crippen molar-refractivity contribution >= 4 is 11.8 Å². The van der Waals surface area contributed by atoms with Crippen LogP contribution in [0.2, 0.25) is 0 Å². The maximum absolute atomic E-state index is 13.5. The predicted octanol–water partition coefficient (Wildman–Crippen LogP) is 1.65. The molecular weight excluding hydrogens is 386 g/mol. The summed E-state index contributed by atoms with van der Waals surface area (Å²) < 4.78 is 5.72. The zero-order valence-electron chi connectivity index (χ0n) is 18.5. The number of ether oxygens (including phenoxy) is 1. The van der Waals surface area contributed by atoms with Crippen LogP contribution in [0.4, 0.5) is 0 Å². The Hall–Kier alpha value is -2.16. The van der Waals surface area contributed by atoms with Crippen molar-refractivity contribution in [3.8, 4) is 5.75 Å².